The van der Waals surface area contributed by atoms with Crippen molar-refractivity contribution in [2.75, 3.05) is 34.3 Å². The van der Waals surface area contributed by atoms with Gasteiger partial charge in [-0.15, -0.1) is 0 Å². The van der Waals surface area contributed by atoms with Gasteiger partial charge in [0.15, 0.2) is 0 Å². The predicted molar refractivity (Wildman–Crippen MR) is 66.3 cm³/mol. The molecule has 0 saturated heterocycles. The van der Waals surface area contributed by atoms with E-state index in [1.54, 1.807) is 7.11 Å². The van der Waals surface area contributed by atoms with Crippen molar-refractivity contribution in [2.24, 2.45) is 0 Å². The van der Waals surface area contributed by atoms with Gasteiger partial charge in [-0.25, -0.2) is 0 Å². The van der Waals surface area contributed by atoms with E-state index in [4.69, 9.17) is 4.74 Å². The van der Waals surface area contributed by atoms with E-state index >= 15 is 0 Å². The van der Waals surface area contributed by atoms with Gasteiger partial charge < -0.3 is 15.0 Å². The smallest absolute Gasteiger partial charge is 0.0637 e. The maximum absolute atomic E-state index is 5.40. The number of nitrogens with zero attached hydrogens (tertiary/aromatic N) is 1. The van der Waals surface area contributed by atoms with E-state index in [1.807, 2.05) is 0 Å². The van der Waals surface area contributed by atoms with Crippen LogP contribution in [0.1, 0.15) is 33.6 Å². The van der Waals surface area contributed by atoms with Crippen LogP contribution >= 0.6 is 0 Å². The van der Waals surface area contributed by atoms with E-state index in [0.717, 1.165) is 19.5 Å². The highest BCUT2D eigenvalue weighted by Gasteiger charge is 2.19. The summed E-state index contributed by atoms with van der Waals surface area (Å²) in [4.78, 5) is 2.21. The van der Waals surface area contributed by atoms with Crippen molar-refractivity contribution >= 4 is 0 Å². The summed E-state index contributed by atoms with van der Waals surface area (Å²) in [6.07, 6.45) is 2.25. The first-order valence-electron chi connectivity index (χ1n) is 5.80. The molecule has 0 aromatic carbocycles. The second kappa shape index (κ2) is 7.20. The fourth-order valence-corrected chi connectivity index (χ4v) is 1.64. The molecule has 1 unspecified atom stereocenters. The van der Waals surface area contributed by atoms with E-state index in [9.17, 15) is 0 Å². The summed E-state index contributed by atoms with van der Waals surface area (Å²) in [6.45, 7) is 8.71. The van der Waals surface area contributed by atoms with Crippen LogP contribution in [0.2, 0.25) is 0 Å². The molecule has 0 aromatic rings. The molecule has 0 radical (unpaired) electrons. The fraction of sp³-hybridized carbons (Fsp3) is 1.00. The number of nitrogens with one attached hydrogen (secondary N) is 1. The fourth-order valence-electron chi connectivity index (χ4n) is 1.64. The van der Waals surface area contributed by atoms with Gasteiger partial charge >= 0.3 is 0 Å². The van der Waals surface area contributed by atoms with Crippen molar-refractivity contribution in [1.29, 1.82) is 0 Å². The molecule has 3 nitrogen and oxygen atoms in total. The SMILES string of the molecule is COC(C)(C)CC(C)NCCCN(C)C. The Bertz CT molecular complexity index is 158. The van der Waals surface area contributed by atoms with E-state index in [-0.39, 0.29) is 5.60 Å². The molecule has 0 aliphatic carbocycles. The second-order valence-electron chi connectivity index (χ2n) is 5.18. The summed E-state index contributed by atoms with van der Waals surface area (Å²) in [7, 11) is 5.99. The molecule has 0 aliphatic rings. The summed E-state index contributed by atoms with van der Waals surface area (Å²) < 4.78 is 5.40. The molecule has 15 heavy (non-hydrogen) atoms. The first-order valence-corrected chi connectivity index (χ1v) is 5.80. The number of hydrogen-bond donors (Lipinski definition) is 1. The van der Waals surface area contributed by atoms with Gasteiger partial charge in [0.1, 0.15) is 0 Å². The Morgan fingerprint density at radius 3 is 2.40 bits per heavy atom. The average molecular weight is 216 g/mol. The van der Waals surface area contributed by atoms with E-state index in [2.05, 4.69) is 45.1 Å². The van der Waals surface area contributed by atoms with Crippen LogP contribution in [0.5, 0.6) is 0 Å². The van der Waals surface area contributed by atoms with Crippen molar-refractivity contribution in [3.63, 3.8) is 0 Å². The highest BCUT2D eigenvalue weighted by atomic mass is 16.5. The van der Waals surface area contributed by atoms with Crippen LogP contribution in [-0.4, -0.2) is 50.8 Å². The van der Waals surface area contributed by atoms with Crippen molar-refractivity contribution in [1.82, 2.24) is 10.2 Å². The molecule has 92 valence electrons. The van der Waals surface area contributed by atoms with Crippen molar-refractivity contribution in [2.45, 2.75) is 45.3 Å². The Hall–Kier alpha value is -0.120. The lowest BCUT2D eigenvalue weighted by atomic mass is 10.00. The lowest BCUT2D eigenvalue weighted by Crippen LogP contribution is -2.36. The third-order valence-electron chi connectivity index (χ3n) is 2.63. The average Bonchev–Trinajstić information content (AvgIpc) is 2.11. The van der Waals surface area contributed by atoms with Gasteiger partial charge in [-0.2, -0.15) is 0 Å². The van der Waals surface area contributed by atoms with E-state index < -0.39 is 0 Å². The Labute approximate surface area is 95.2 Å². The molecule has 1 atom stereocenters. The highest BCUT2D eigenvalue weighted by molar-refractivity contribution is 4.75. The van der Waals surface area contributed by atoms with E-state index in [1.165, 1.54) is 6.42 Å². The van der Waals surface area contributed by atoms with Gasteiger partial charge in [0.25, 0.3) is 0 Å². The van der Waals surface area contributed by atoms with Crippen LogP contribution in [0.15, 0.2) is 0 Å². The summed E-state index contributed by atoms with van der Waals surface area (Å²) in [5.74, 6) is 0. The van der Waals surface area contributed by atoms with Gasteiger partial charge in [0.05, 0.1) is 5.60 Å². The second-order valence-corrected chi connectivity index (χ2v) is 5.18. The Balaban J connectivity index is 3.53. The van der Waals surface area contributed by atoms with Crippen LogP contribution in [0.3, 0.4) is 0 Å². The Morgan fingerprint density at radius 1 is 1.33 bits per heavy atom. The standard InChI is InChI=1S/C12H28N2O/c1-11(10-12(2,3)15-6)13-8-7-9-14(4)5/h11,13H,7-10H2,1-6H3. The summed E-state index contributed by atoms with van der Waals surface area (Å²) in [6, 6.07) is 0.516. The van der Waals surface area contributed by atoms with Crippen molar-refractivity contribution < 1.29 is 4.74 Å². The number of methoxy groups -OCH3 is 1. The third kappa shape index (κ3) is 8.85. The minimum Gasteiger partial charge on any atom is -0.379 e. The first-order chi connectivity index (χ1) is 6.87. The van der Waals surface area contributed by atoms with Gasteiger partial charge in [-0.3, -0.25) is 0 Å². The monoisotopic (exact) mass is 216 g/mol. The Morgan fingerprint density at radius 2 is 1.93 bits per heavy atom. The summed E-state index contributed by atoms with van der Waals surface area (Å²) >= 11 is 0. The normalized spacial score (nSPS) is 14.6. The zero-order valence-electron chi connectivity index (χ0n) is 11.3. The van der Waals surface area contributed by atoms with Crippen molar-refractivity contribution in [3.05, 3.63) is 0 Å². The molecule has 0 fully saturated rings. The molecule has 0 amide bonds. The molecule has 0 aromatic heterocycles. The van der Waals surface area contributed by atoms with Gasteiger partial charge in [-0.1, -0.05) is 0 Å². The minimum absolute atomic E-state index is 0.0199. The highest BCUT2D eigenvalue weighted by Crippen LogP contribution is 2.15. The zero-order chi connectivity index (χ0) is 11.9. The van der Waals surface area contributed by atoms with Crippen LogP contribution in [0.4, 0.5) is 0 Å². The van der Waals surface area contributed by atoms with Crippen LogP contribution < -0.4 is 5.32 Å². The van der Waals surface area contributed by atoms with Crippen molar-refractivity contribution in [3.8, 4) is 0 Å². The quantitative estimate of drug-likeness (QED) is 0.625. The van der Waals surface area contributed by atoms with E-state index in [0.29, 0.717) is 6.04 Å². The molecule has 0 spiro atoms. The number of hydrogen-bond acceptors (Lipinski definition) is 3. The lowest BCUT2D eigenvalue weighted by Gasteiger charge is -2.27. The zero-order valence-corrected chi connectivity index (χ0v) is 11.3. The topological polar surface area (TPSA) is 24.5 Å². The van der Waals surface area contributed by atoms with Gasteiger partial charge in [0, 0.05) is 13.2 Å². The molecule has 0 bridgehead atoms. The maximum atomic E-state index is 5.40. The van der Waals surface area contributed by atoms with Gasteiger partial charge in [0.2, 0.25) is 0 Å². The molecule has 0 rings (SSSR count). The number of rotatable bonds is 8. The molecule has 3 heteroatoms. The van der Waals surface area contributed by atoms with Crippen LogP contribution in [0, 0.1) is 0 Å². The molecule has 0 aliphatic heterocycles. The van der Waals surface area contributed by atoms with Crippen LogP contribution in [0.25, 0.3) is 0 Å². The predicted octanol–water partition coefficient (Wildman–Crippen LogP) is 1.73. The molecule has 0 heterocycles. The first kappa shape index (κ1) is 14.9. The Kier molecular flexibility index (Phi) is 7.14. The number of ether oxygens (including phenoxy) is 1. The summed E-state index contributed by atoms with van der Waals surface area (Å²) in [5.41, 5.74) is -0.0199. The lowest BCUT2D eigenvalue weighted by molar-refractivity contribution is 0.00858. The summed E-state index contributed by atoms with van der Waals surface area (Å²) in [5, 5.41) is 3.52. The maximum Gasteiger partial charge on any atom is 0.0637 e. The van der Waals surface area contributed by atoms with Gasteiger partial charge in [-0.05, 0) is 60.8 Å². The van der Waals surface area contributed by atoms with Crippen LogP contribution in [-0.2, 0) is 4.74 Å². The molecule has 1 N–H and O–H groups in total. The largest absolute Gasteiger partial charge is 0.379 e. The molecular weight excluding hydrogens is 188 g/mol. The molecular formula is C12H28N2O. The molecule has 0 saturated carbocycles. The third-order valence-corrected chi connectivity index (χ3v) is 2.63. The minimum atomic E-state index is -0.0199.